The molecule has 0 radical (unpaired) electrons. The number of carbonyl (C=O) groups is 1. The first-order chi connectivity index (χ1) is 14.9. The molecule has 0 unspecified atom stereocenters. The number of nitrogens with zero attached hydrogens (tertiary/aromatic N) is 1. The fourth-order valence-corrected chi connectivity index (χ4v) is 3.60. The van der Waals surface area contributed by atoms with Crippen LogP contribution in [-0.4, -0.2) is 23.1 Å². The van der Waals surface area contributed by atoms with Crippen LogP contribution in [-0.2, 0) is 0 Å². The molecule has 31 heavy (non-hydrogen) atoms. The number of amides is 1. The highest BCUT2D eigenvalue weighted by Gasteiger charge is 2.14. The highest BCUT2D eigenvalue weighted by Crippen LogP contribution is 2.27. The summed E-state index contributed by atoms with van der Waals surface area (Å²) in [4.78, 5) is 17.1. The summed E-state index contributed by atoms with van der Waals surface area (Å²) in [6.07, 6.45) is 0. The number of nitrogens with one attached hydrogen (secondary N) is 2. The second-order valence-electron chi connectivity index (χ2n) is 7.19. The number of hydrogen-bond donors (Lipinski definition) is 2. The number of para-hydroxylation sites is 1. The third kappa shape index (κ3) is 4.57. The van der Waals surface area contributed by atoms with Gasteiger partial charge in [-0.15, -0.1) is 0 Å². The molecule has 0 saturated heterocycles. The van der Waals surface area contributed by atoms with Crippen molar-refractivity contribution in [2.45, 2.75) is 13.8 Å². The number of benzene rings is 3. The molecule has 4 rings (SSSR count). The molecule has 2 N–H and O–H groups in total. The number of carbonyl (C=O) groups excluding carboxylic acids is 1. The molecule has 0 spiro atoms. The average Bonchev–Trinajstić information content (AvgIpc) is 3.16. The molecule has 0 aliphatic heterocycles. The maximum Gasteiger partial charge on any atom is 0.261 e. The van der Waals surface area contributed by atoms with Gasteiger partial charge in [0.25, 0.3) is 5.91 Å². The van der Waals surface area contributed by atoms with Crippen LogP contribution < -0.4 is 15.4 Å². The van der Waals surface area contributed by atoms with E-state index in [0.717, 1.165) is 16.7 Å². The van der Waals surface area contributed by atoms with E-state index in [0.29, 0.717) is 34.0 Å². The van der Waals surface area contributed by atoms with Crippen molar-refractivity contribution in [3.8, 4) is 17.2 Å². The monoisotopic (exact) mass is 431 g/mol. The highest BCUT2D eigenvalue weighted by atomic mass is 32.1. The minimum absolute atomic E-state index is 0.174. The van der Waals surface area contributed by atoms with E-state index in [4.69, 9.17) is 21.4 Å². The normalized spacial score (nSPS) is 10.7. The Morgan fingerprint density at radius 2 is 1.77 bits per heavy atom. The number of methoxy groups -OCH3 is 1. The molecule has 0 aliphatic rings. The second-order valence-corrected chi connectivity index (χ2v) is 7.59. The van der Waals surface area contributed by atoms with Crippen molar-refractivity contribution in [3.05, 3.63) is 77.4 Å². The lowest BCUT2D eigenvalue weighted by Crippen LogP contribution is -2.34. The fourth-order valence-electron chi connectivity index (χ4n) is 3.39. The molecule has 1 heterocycles. The summed E-state index contributed by atoms with van der Waals surface area (Å²) in [6, 6.07) is 18.6. The molecule has 7 heteroatoms. The highest BCUT2D eigenvalue weighted by molar-refractivity contribution is 7.80. The minimum atomic E-state index is -0.352. The molecule has 156 valence electrons. The zero-order chi connectivity index (χ0) is 22.0. The summed E-state index contributed by atoms with van der Waals surface area (Å²) < 4.78 is 11.1. The number of aryl methyl sites for hydroxylation is 2. The van der Waals surface area contributed by atoms with Gasteiger partial charge in [-0.3, -0.25) is 10.1 Å². The zero-order valence-electron chi connectivity index (χ0n) is 17.4. The van der Waals surface area contributed by atoms with Crippen molar-refractivity contribution >= 4 is 40.0 Å². The number of oxazole rings is 1. The van der Waals surface area contributed by atoms with Crippen LogP contribution in [0.4, 0.5) is 5.69 Å². The molecule has 6 nitrogen and oxygen atoms in total. The number of thiocarbonyl (C=S) groups is 1. The van der Waals surface area contributed by atoms with Crippen LogP contribution in [0, 0.1) is 13.8 Å². The van der Waals surface area contributed by atoms with Crippen LogP contribution in [0.2, 0.25) is 0 Å². The third-order valence-corrected chi connectivity index (χ3v) is 4.90. The molecule has 0 atom stereocenters. The summed E-state index contributed by atoms with van der Waals surface area (Å²) in [5.74, 6) is 0.686. The van der Waals surface area contributed by atoms with Gasteiger partial charge in [-0.1, -0.05) is 29.3 Å². The molecule has 1 aromatic heterocycles. The largest absolute Gasteiger partial charge is 0.496 e. The van der Waals surface area contributed by atoms with Crippen molar-refractivity contribution in [2.75, 3.05) is 12.4 Å². The molecule has 0 fully saturated rings. The van der Waals surface area contributed by atoms with Gasteiger partial charge in [-0.05, 0) is 68.5 Å². The summed E-state index contributed by atoms with van der Waals surface area (Å²) in [5, 5.41) is 5.86. The Bertz CT molecular complexity index is 1280. The van der Waals surface area contributed by atoms with Gasteiger partial charge >= 0.3 is 0 Å². The van der Waals surface area contributed by atoms with Crippen molar-refractivity contribution in [1.29, 1.82) is 0 Å². The quantitative estimate of drug-likeness (QED) is 0.430. The molecule has 0 aliphatic carbocycles. The number of hydrogen-bond acceptors (Lipinski definition) is 5. The van der Waals surface area contributed by atoms with Gasteiger partial charge in [0.05, 0.1) is 12.7 Å². The van der Waals surface area contributed by atoms with Crippen molar-refractivity contribution in [2.24, 2.45) is 0 Å². The fraction of sp³-hybridized carbons (Fsp3) is 0.125. The predicted octanol–water partition coefficient (Wildman–Crippen LogP) is 5.25. The summed E-state index contributed by atoms with van der Waals surface area (Å²) in [7, 11) is 1.52. The maximum atomic E-state index is 12.5. The van der Waals surface area contributed by atoms with Crippen molar-refractivity contribution in [3.63, 3.8) is 0 Å². The molecule has 1 amide bonds. The van der Waals surface area contributed by atoms with Gasteiger partial charge in [0.1, 0.15) is 11.3 Å². The molecule has 0 bridgehead atoms. The Kier molecular flexibility index (Phi) is 5.68. The smallest absolute Gasteiger partial charge is 0.261 e. The Balaban J connectivity index is 1.51. The van der Waals surface area contributed by atoms with Crippen LogP contribution in [0.5, 0.6) is 5.75 Å². The Morgan fingerprint density at radius 3 is 2.52 bits per heavy atom. The lowest BCUT2D eigenvalue weighted by molar-refractivity contribution is 0.0975. The van der Waals surface area contributed by atoms with Crippen LogP contribution in [0.3, 0.4) is 0 Å². The predicted molar refractivity (Wildman–Crippen MR) is 126 cm³/mol. The molecular weight excluding hydrogens is 410 g/mol. The maximum absolute atomic E-state index is 12.5. The van der Waals surface area contributed by atoms with E-state index in [2.05, 4.69) is 21.7 Å². The van der Waals surface area contributed by atoms with Crippen LogP contribution in [0.25, 0.3) is 22.6 Å². The van der Waals surface area contributed by atoms with E-state index >= 15 is 0 Å². The summed E-state index contributed by atoms with van der Waals surface area (Å²) in [6.45, 7) is 4.09. The van der Waals surface area contributed by atoms with E-state index in [1.165, 1.54) is 7.11 Å². The first-order valence-corrected chi connectivity index (χ1v) is 10.1. The third-order valence-electron chi connectivity index (χ3n) is 4.69. The van der Waals surface area contributed by atoms with Gasteiger partial charge in [-0.25, -0.2) is 4.98 Å². The number of anilines is 1. The summed E-state index contributed by atoms with van der Waals surface area (Å²) >= 11 is 5.30. The van der Waals surface area contributed by atoms with Gasteiger partial charge < -0.3 is 14.5 Å². The first-order valence-electron chi connectivity index (χ1n) is 9.67. The number of rotatable bonds is 4. The minimum Gasteiger partial charge on any atom is -0.496 e. The standard InChI is InChI=1S/C24H21N3O3S/c1-14-10-15(2)12-16(11-14)23-26-19-13-17(8-9-21(19)30-23)25-24(31)27-22(28)18-6-4-5-7-20(18)29-3/h4-13H,1-3H3,(H2,25,27,28,31). The van der Waals surface area contributed by atoms with Crippen LogP contribution in [0.1, 0.15) is 21.5 Å². The van der Waals surface area contributed by atoms with E-state index < -0.39 is 0 Å². The zero-order valence-corrected chi connectivity index (χ0v) is 18.2. The molecular formula is C24H21N3O3S. The number of ether oxygens (including phenoxy) is 1. The first kappa shape index (κ1) is 20.6. The van der Waals surface area contributed by atoms with Gasteiger partial charge in [0.2, 0.25) is 5.89 Å². The molecule has 0 saturated carbocycles. The summed E-state index contributed by atoms with van der Waals surface area (Å²) in [5.41, 5.74) is 5.69. The van der Waals surface area contributed by atoms with Crippen molar-refractivity contribution in [1.82, 2.24) is 10.3 Å². The second kappa shape index (κ2) is 8.57. The van der Waals surface area contributed by atoms with Crippen molar-refractivity contribution < 1.29 is 13.9 Å². The topological polar surface area (TPSA) is 76.4 Å². The lowest BCUT2D eigenvalue weighted by atomic mass is 10.1. The lowest BCUT2D eigenvalue weighted by Gasteiger charge is -2.11. The Hall–Kier alpha value is -3.71. The number of aromatic nitrogens is 1. The van der Waals surface area contributed by atoms with E-state index in [1.54, 1.807) is 24.3 Å². The molecule has 4 aromatic rings. The van der Waals surface area contributed by atoms with E-state index in [-0.39, 0.29) is 11.0 Å². The van der Waals surface area contributed by atoms with Gasteiger partial charge in [0, 0.05) is 11.3 Å². The van der Waals surface area contributed by atoms with Gasteiger partial charge in [-0.2, -0.15) is 0 Å². The SMILES string of the molecule is COc1ccccc1C(=O)NC(=S)Nc1ccc2oc(-c3cc(C)cc(C)c3)nc2c1. The van der Waals surface area contributed by atoms with E-state index in [9.17, 15) is 4.79 Å². The van der Waals surface area contributed by atoms with E-state index in [1.807, 2.05) is 44.2 Å². The van der Waals surface area contributed by atoms with Gasteiger partial charge in [0.15, 0.2) is 10.7 Å². The average molecular weight is 432 g/mol. The van der Waals surface area contributed by atoms with Crippen LogP contribution >= 0.6 is 12.2 Å². The molecule has 3 aromatic carbocycles. The Labute approximate surface area is 185 Å². The number of fused-ring (bicyclic) bond motifs is 1. The Morgan fingerprint density at radius 1 is 1.03 bits per heavy atom. The van der Waals surface area contributed by atoms with Crippen LogP contribution in [0.15, 0.2) is 65.1 Å².